The zero-order chi connectivity index (χ0) is 11.4. The van der Waals surface area contributed by atoms with Crippen LogP contribution in [0.5, 0.6) is 0 Å². The SMILES string of the molecule is CC(C)CNCc1ncc(-c2ccco2)o1. The van der Waals surface area contributed by atoms with Gasteiger partial charge in [-0.3, -0.25) is 0 Å². The van der Waals surface area contributed by atoms with Crippen molar-refractivity contribution in [2.24, 2.45) is 5.92 Å². The van der Waals surface area contributed by atoms with E-state index in [4.69, 9.17) is 8.83 Å². The van der Waals surface area contributed by atoms with Crippen LogP contribution in [0, 0.1) is 5.92 Å². The molecule has 0 aliphatic carbocycles. The third-order valence-corrected chi connectivity index (χ3v) is 2.15. The van der Waals surface area contributed by atoms with E-state index in [2.05, 4.69) is 24.1 Å². The summed E-state index contributed by atoms with van der Waals surface area (Å²) in [5.74, 6) is 2.69. The summed E-state index contributed by atoms with van der Waals surface area (Å²) in [6.07, 6.45) is 3.31. The Morgan fingerprint density at radius 2 is 2.25 bits per heavy atom. The van der Waals surface area contributed by atoms with E-state index in [1.54, 1.807) is 12.5 Å². The number of nitrogens with one attached hydrogen (secondary N) is 1. The minimum Gasteiger partial charge on any atom is -0.461 e. The number of rotatable bonds is 5. The number of furan rings is 1. The van der Waals surface area contributed by atoms with E-state index in [9.17, 15) is 0 Å². The van der Waals surface area contributed by atoms with E-state index in [1.807, 2.05) is 12.1 Å². The first-order chi connectivity index (χ1) is 7.75. The van der Waals surface area contributed by atoms with Gasteiger partial charge < -0.3 is 14.2 Å². The first kappa shape index (κ1) is 11.0. The van der Waals surface area contributed by atoms with Crippen molar-refractivity contribution in [3.63, 3.8) is 0 Å². The lowest BCUT2D eigenvalue weighted by Crippen LogP contribution is -2.18. The minimum atomic E-state index is 0.625. The maximum Gasteiger partial charge on any atom is 0.209 e. The Labute approximate surface area is 94.7 Å². The second-order valence-corrected chi connectivity index (χ2v) is 4.12. The Bertz CT molecular complexity index is 418. The van der Waals surface area contributed by atoms with Crippen molar-refractivity contribution in [3.05, 3.63) is 30.5 Å². The predicted octanol–water partition coefficient (Wildman–Crippen LogP) is 2.68. The van der Waals surface area contributed by atoms with Gasteiger partial charge in [-0.15, -0.1) is 0 Å². The molecule has 1 N–H and O–H groups in total. The van der Waals surface area contributed by atoms with Crippen LogP contribution in [0.1, 0.15) is 19.7 Å². The summed E-state index contributed by atoms with van der Waals surface area (Å²) in [4.78, 5) is 4.18. The summed E-state index contributed by atoms with van der Waals surface area (Å²) < 4.78 is 10.8. The molecule has 4 heteroatoms. The summed E-state index contributed by atoms with van der Waals surface area (Å²) in [5.41, 5.74) is 0. The van der Waals surface area contributed by atoms with Gasteiger partial charge in [0.2, 0.25) is 5.89 Å². The molecule has 0 saturated carbocycles. The highest BCUT2D eigenvalue weighted by molar-refractivity contribution is 5.47. The Hall–Kier alpha value is -1.55. The molecule has 0 unspecified atom stereocenters. The van der Waals surface area contributed by atoms with Crippen LogP contribution in [0.4, 0.5) is 0 Å². The van der Waals surface area contributed by atoms with Crippen LogP contribution >= 0.6 is 0 Å². The molecule has 4 nitrogen and oxygen atoms in total. The van der Waals surface area contributed by atoms with Crippen LogP contribution < -0.4 is 5.32 Å². The first-order valence-electron chi connectivity index (χ1n) is 5.45. The molecule has 2 aromatic rings. The summed E-state index contributed by atoms with van der Waals surface area (Å²) in [5, 5.41) is 3.27. The first-order valence-corrected chi connectivity index (χ1v) is 5.45. The van der Waals surface area contributed by atoms with Crippen molar-refractivity contribution >= 4 is 0 Å². The van der Waals surface area contributed by atoms with Gasteiger partial charge in [-0.2, -0.15) is 0 Å². The van der Waals surface area contributed by atoms with Gasteiger partial charge in [0.15, 0.2) is 11.5 Å². The maximum atomic E-state index is 5.54. The highest BCUT2D eigenvalue weighted by Crippen LogP contribution is 2.20. The van der Waals surface area contributed by atoms with Gasteiger partial charge in [0.25, 0.3) is 0 Å². The molecular weight excluding hydrogens is 204 g/mol. The number of oxazole rings is 1. The molecule has 0 aliphatic heterocycles. The molecule has 0 aliphatic rings. The summed E-state index contributed by atoms with van der Waals surface area (Å²) >= 11 is 0. The van der Waals surface area contributed by atoms with Crippen molar-refractivity contribution in [1.29, 1.82) is 0 Å². The molecule has 2 heterocycles. The number of aromatic nitrogens is 1. The van der Waals surface area contributed by atoms with E-state index in [1.165, 1.54) is 0 Å². The molecule has 0 amide bonds. The topological polar surface area (TPSA) is 51.2 Å². The highest BCUT2D eigenvalue weighted by Gasteiger charge is 2.07. The third kappa shape index (κ3) is 2.73. The van der Waals surface area contributed by atoms with Crippen LogP contribution in [-0.4, -0.2) is 11.5 Å². The van der Waals surface area contributed by atoms with Gasteiger partial charge in [0.05, 0.1) is 19.0 Å². The van der Waals surface area contributed by atoms with Gasteiger partial charge in [-0.25, -0.2) is 4.98 Å². The average Bonchev–Trinajstić information content (AvgIpc) is 2.85. The molecule has 0 fully saturated rings. The number of nitrogens with zero attached hydrogens (tertiary/aromatic N) is 1. The van der Waals surface area contributed by atoms with Crippen molar-refractivity contribution in [3.8, 4) is 11.5 Å². The Morgan fingerprint density at radius 1 is 1.38 bits per heavy atom. The van der Waals surface area contributed by atoms with Gasteiger partial charge >= 0.3 is 0 Å². The zero-order valence-corrected chi connectivity index (χ0v) is 9.56. The molecule has 0 bridgehead atoms. The van der Waals surface area contributed by atoms with E-state index < -0.39 is 0 Å². The molecule has 0 saturated heterocycles. The Kier molecular flexibility index (Phi) is 3.41. The molecule has 0 aromatic carbocycles. The molecule has 2 rings (SSSR count). The average molecular weight is 220 g/mol. The molecule has 0 spiro atoms. The van der Waals surface area contributed by atoms with Crippen molar-refractivity contribution in [2.45, 2.75) is 20.4 Å². The Balaban J connectivity index is 1.93. The molecular formula is C12H16N2O2. The van der Waals surface area contributed by atoms with Gasteiger partial charge in [0, 0.05) is 0 Å². The van der Waals surface area contributed by atoms with Crippen molar-refractivity contribution in [1.82, 2.24) is 10.3 Å². The van der Waals surface area contributed by atoms with Crippen LogP contribution in [-0.2, 0) is 6.54 Å². The van der Waals surface area contributed by atoms with Crippen LogP contribution in [0.3, 0.4) is 0 Å². The number of hydrogen-bond acceptors (Lipinski definition) is 4. The molecule has 0 atom stereocenters. The standard InChI is InChI=1S/C12H16N2O2/c1-9(2)6-13-8-12-14-7-11(16-12)10-4-3-5-15-10/h3-5,7,9,13H,6,8H2,1-2H3. The summed E-state index contributed by atoms with van der Waals surface area (Å²) in [6.45, 7) is 5.94. The molecule has 86 valence electrons. The fraction of sp³-hybridized carbons (Fsp3) is 0.417. The van der Waals surface area contributed by atoms with Crippen LogP contribution in [0.2, 0.25) is 0 Å². The lowest BCUT2D eigenvalue weighted by molar-refractivity contribution is 0.448. The monoisotopic (exact) mass is 220 g/mol. The van der Waals surface area contributed by atoms with E-state index in [0.717, 1.165) is 6.54 Å². The van der Waals surface area contributed by atoms with Crippen LogP contribution in [0.25, 0.3) is 11.5 Å². The second kappa shape index (κ2) is 4.99. The minimum absolute atomic E-state index is 0.625. The summed E-state index contributed by atoms with van der Waals surface area (Å²) in [7, 11) is 0. The zero-order valence-electron chi connectivity index (χ0n) is 9.56. The van der Waals surface area contributed by atoms with E-state index in [-0.39, 0.29) is 0 Å². The molecule has 2 aromatic heterocycles. The van der Waals surface area contributed by atoms with E-state index in [0.29, 0.717) is 29.9 Å². The second-order valence-electron chi connectivity index (χ2n) is 4.12. The van der Waals surface area contributed by atoms with Gasteiger partial charge in [-0.1, -0.05) is 13.8 Å². The van der Waals surface area contributed by atoms with Gasteiger partial charge in [0.1, 0.15) is 0 Å². The molecule has 16 heavy (non-hydrogen) atoms. The highest BCUT2D eigenvalue weighted by atomic mass is 16.4. The summed E-state index contributed by atoms with van der Waals surface area (Å²) in [6, 6.07) is 3.68. The van der Waals surface area contributed by atoms with Gasteiger partial charge in [-0.05, 0) is 24.6 Å². The normalized spacial score (nSPS) is 11.2. The predicted molar refractivity (Wildman–Crippen MR) is 60.7 cm³/mol. The third-order valence-electron chi connectivity index (χ3n) is 2.15. The lowest BCUT2D eigenvalue weighted by atomic mass is 10.2. The largest absolute Gasteiger partial charge is 0.461 e. The quantitative estimate of drug-likeness (QED) is 0.841. The van der Waals surface area contributed by atoms with Crippen molar-refractivity contribution in [2.75, 3.05) is 6.54 Å². The smallest absolute Gasteiger partial charge is 0.209 e. The maximum absolute atomic E-state index is 5.54. The fourth-order valence-corrected chi connectivity index (χ4v) is 1.39. The van der Waals surface area contributed by atoms with Crippen molar-refractivity contribution < 1.29 is 8.83 Å². The Morgan fingerprint density at radius 3 is 2.94 bits per heavy atom. The lowest BCUT2D eigenvalue weighted by Gasteiger charge is -2.03. The molecule has 0 radical (unpaired) electrons. The van der Waals surface area contributed by atoms with E-state index >= 15 is 0 Å². The fourth-order valence-electron chi connectivity index (χ4n) is 1.39. The number of hydrogen-bond donors (Lipinski definition) is 1. The van der Waals surface area contributed by atoms with Crippen LogP contribution in [0.15, 0.2) is 33.4 Å².